The molecule has 5 nitrogen and oxygen atoms in total. The maximum atomic E-state index is 6.08. The van der Waals surface area contributed by atoms with E-state index in [1.54, 1.807) is 30.3 Å². The van der Waals surface area contributed by atoms with Crippen LogP contribution in [0.5, 0.6) is 0 Å². The Kier molecular flexibility index (Phi) is 14.2. The highest BCUT2D eigenvalue weighted by atomic mass is 15.3. The van der Waals surface area contributed by atoms with Crippen LogP contribution in [0.2, 0.25) is 0 Å². The van der Waals surface area contributed by atoms with Crippen LogP contribution in [-0.2, 0) is 0 Å². The van der Waals surface area contributed by atoms with Crippen LogP contribution >= 0.6 is 0 Å². The van der Waals surface area contributed by atoms with Crippen molar-refractivity contribution in [2.75, 3.05) is 0 Å². The Bertz CT molecular complexity index is 409. The molecular weight excluding hydrogens is 238 g/mol. The van der Waals surface area contributed by atoms with Crippen molar-refractivity contribution in [2.45, 2.75) is 41.5 Å². The molecule has 2 heterocycles. The number of nitrogens with zero attached hydrogens (tertiary/aromatic N) is 4. The van der Waals surface area contributed by atoms with Crippen LogP contribution in [0.1, 0.15) is 40.4 Å². The summed E-state index contributed by atoms with van der Waals surface area (Å²) in [4.78, 5) is 8.00. The van der Waals surface area contributed by atoms with E-state index in [9.17, 15) is 0 Å². The molecule has 0 saturated carbocycles. The van der Waals surface area contributed by atoms with E-state index in [-0.39, 0.29) is 0 Å². The smallest absolute Gasteiger partial charge is 0.147 e. The Morgan fingerprint density at radius 2 is 1.79 bits per heavy atom. The molecule has 0 bridgehead atoms. The number of hydrogen-bond donors (Lipinski definition) is 1. The number of rotatable bonds is 1. The first-order valence-corrected chi connectivity index (χ1v) is 6.51. The van der Waals surface area contributed by atoms with Gasteiger partial charge in [0.1, 0.15) is 12.2 Å². The molecule has 0 radical (unpaired) electrons. The summed E-state index contributed by atoms with van der Waals surface area (Å²) >= 11 is 0. The summed E-state index contributed by atoms with van der Waals surface area (Å²) < 4.78 is 1.70. The third kappa shape index (κ3) is 8.65. The summed E-state index contributed by atoms with van der Waals surface area (Å²) in [7, 11) is 0. The minimum Gasteiger partial charge on any atom is -0.313 e. The van der Waals surface area contributed by atoms with Gasteiger partial charge in [0.25, 0.3) is 0 Å². The average molecular weight is 263 g/mol. The van der Waals surface area contributed by atoms with Gasteiger partial charge in [-0.1, -0.05) is 27.7 Å². The van der Waals surface area contributed by atoms with Crippen molar-refractivity contribution in [1.82, 2.24) is 19.7 Å². The Labute approximate surface area is 116 Å². The molecule has 5 heteroatoms. The van der Waals surface area contributed by atoms with Crippen LogP contribution in [0, 0.1) is 12.3 Å². The summed E-state index contributed by atoms with van der Waals surface area (Å²) in [6.07, 6.45) is 6.40. The summed E-state index contributed by atoms with van der Waals surface area (Å²) in [6.45, 7) is 11.5. The Morgan fingerprint density at radius 1 is 1.21 bits per heavy atom. The van der Waals surface area contributed by atoms with Crippen molar-refractivity contribution in [1.29, 1.82) is 5.41 Å². The fourth-order valence-electron chi connectivity index (χ4n) is 0.959. The van der Waals surface area contributed by atoms with Gasteiger partial charge in [0.2, 0.25) is 0 Å². The fraction of sp³-hybridized carbons (Fsp3) is 0.429. The molecular formula is C14H25N5. The second-order valence-corrected chi connectivity index (χ2v) is 2.74. The van der Waals surface area contributed by atoms with Gasteiger partial charge in [-0.05, 0) is 32.2 Å². The summed E-state index contributed by atoms with van der Waals surface area (Å²) in [5.41, 5.74) is 0.929. The molecule has 0 fully saturated rings. The summed E-state index contributed by atoms with van der Waals surface area (Å²) in [6, 6.07) is 3.80. The maximum absolute atomic E-state index is 6.08. The quantitative estimate of drug-likeness (QED) is 0.798. The Hall–Kier alpha value is -2.04. The number of hydrogen-bond acceptors (Lipinski definition) is 4. The first-order valence-electron chi connectivity index (χ1n) is 6.51. The van der Waals surface area contributed by atoms with E-state index in [4.69, 9.17) is 5.41 Å². The zero-order valence-electron chi connectivity index (χ0n) is 12.8. The largest absolute Gasteiger partial charge is 0.313 e. The third-order valence-electron chi connectivity index (χ3n) is 1.52. The number of nitrogens with one attached hydrogen (secondary N) is 1. The molecule has 106 valence electrons. The van der Waals surface area contributed by atoms with Crippen LogP contribution in [0.15, 0.2) is 30.9 Å². The summed E-state index contributed by atoms with van der Waals surface area (Å²) in [5, 5.41) is 10.2. The van der Waals surface area contributed by atoms with Gasteiger partial charge in [-0.3, -0.25) is 4.98 Å². The normalized spacial score (nSPS) is 7.68. The van der Waals surface area contributed by atoms with Crippen molar-refractivity contribution in [2.24, 2.45) is 0 Å². The topological polar surface area (TPSA) is 67.5 Å². The first kappa shape index (κ1) is 19.3. The standard InChI is InChI=1S/C8H8N4.C2H5N.2C2H6/c1-7-10-6-12(11-7)8-3-2-4-9-5-8;1-2-3;2*1-2/h2-6H,1H3;2-3H,1H3;2*1-2H3. The number of aromatic nitrogens is 4. The van der Waals surface area contributed by atoms with Gasteiger partial charge in [-0.15, -0.1) is 0 Å². The molecule has 0 aliphatic carbocycles. The van der Waals surface area contributed by atoms with E-state index in [1.807, 2.05) is 46.8 Å². The van der Waals surface area contributed by atoms with Gasteiger partial charge in [-0.25, -0.2) is 9.67 Å². The van der Waals surface area contributed by atoms with Crippen molar-refractivity contribution in [3.8, 4) is 5.69 Å². The van der Waals surface area contributed by atoms with Gasteiger partial charge >= 0.3 is 0 Å². The molecule has 0 saturated heterocycles. The molecule has 0 unspecified atom stereocenters. The van der Waals surface area contributed by atoms with Crippen LogP contribution in [0.25, 0.3) is 5.69 Å². The van der Waals surface area contributed by atoms with Gasteiger partial charge in [0.05, 0.1) is 11.9 Å². The van der Waals surface area contributed by atoms with Gasteiger partial charge in [0, 0.05) is 6.20 Å². The molecule has 0 amide bonds. The van der Waals surface area contributed by atoms with E-state index in [0.29, 0.717) is 0 Å². The van der Waals surface area contributed by atoms with E-state index >= 15 is 0 Å². The van der Waals surface area contributed by atoms with Crippen molar-refractivity contribution < 1.29 is 0 Å². The number of pyridine rings is 1. The van der Waals surface area contributed by atoms with E-state index in [1.165, 1.54) is 6.21 Å². The van der Waals surface area contributed by atoms with Crippen LogP contribution < -0.4 is 0 Å². The van der Waals surface area contributed by atoms with E-state index in [2.05, 4.69) is 15.1 Å². The predicted molar refractivity (Wildman–Crippen MR) is 81.0 cm³/mol. The lowest BCUT2D eigenvalue weighted by atomic mass is 10.4. The van der Waals surface area contributed by atoms with Crippen LogP contribution in [0.4, 0.5) is 0 Å². The molecule has 2 rings (SSSR count). The zero-order valence-corrected chi connectivity index (χ0v) is 12.8. The maximum Gasteiger partial charge on any atom is 0.147 e. The minimum atomic E-state index is 0.763. The summed E-state index contributed by atoms with van der Waals surface area (Å²) in [5.74, 6) is 0.763. The second kappa shape index (κ2) is 14.0. The minimum absolute atomic E-state index is 0.763. The molecule has 19 heavy (non-hydrogen) atoms. The molecule has 2 aromatic rings. The van der Waals surface area contributed by atoms with Gasteiger partial charge in [0.15, 0.2) is 0 Å². The van der Waals surface area contributed by atoms with Crippen molar-refractivity contribution in [3.63, 3.8) is 0 Å². The Balaban J connectivity index is 0. The van der Waals surface area contributed by atoms with Crippen LogP contribution in [-0.4, -0.2) is 26.0 Å². The lowest BCUT2D eigenvalue weighted by Gasteiger charge is -1.96. The Morgan fingerprint density at radius 3 is 2.16 bits per heavy atom. The fourth-order valence-corrected chi connectivity index (χ4v) is 0.959. The molecule has 0 aliphatic heterocycles. The van der Waals surface area contributed by atoms with Gasteiger partial charge < -0.3 is 5.41 Å². The predicted octanol–water partition coefficient (Wildman–Crippen LogP) is 3.68. The first-order chi connectivity index (χ1) is 9.27. The van der Waals surface area contributed by atoms with Crippen molar-refractivity contribution >= 4 is 6.21 Å². The van der Waals surface area contributed by atoms with E-state index < -0.39 is 0 Å². The third-order valence-corrected chi connectivity index (χ3v) is 1.52. The highest BCUT2D eigenvalue weighted by Crippen LogP contribution is 2.01. The average Bonchev–Trinajstić information content (AvgIpc) is 2.92. The molecule has 0 spiro atoms. The lowest BCUT2D eigenvalue weighted by Crippen LogP contribution is -1.94. The molecule has 2 aromatic heterocycles. The molecule has 0 aliphatic rings. The SMILES string of the molecule is CC.CC.CC=N.Cc1ncn(-c2cccnc2)n1. The monoisotopic (exact) mass is 263 g/mol. The lowest BCUT2D eigenvalue weighted by molar-refractivity contribution is 0.857. The number of aryl methyl sites for hydroxylation is 1. The van der Waals surface area contributed by atoms with Crippen molar-refractivity contribution in [3.05, 3.63) is 36.7 Å². The van der Waals surface area contributed by atoms with Crippen LogP contribution in [0.3, 0.4) is 0 Å². The molecule has 0 aromatic carbocycles. The second-order valence-electron chi connectivity index (χ2n) is 2.74. The molecule has 1 N–H and O–H groups in total. The highest BCUT2D eigenvalue weighted by Gasteiger charge is 1.96. The highest BCUT2D eigenvalue weighted by molar-refractivity contribution is 5.48. The van der Waals surface area contributed by atoms with E-state index in [0.717, 1.165) is 11.5 Å². The molecule has 0 atom stereocenters. The zero-order chi connectivity index (χ0) is 15.1. The van der Waals surface area contributed by atoms with Gasteiger partial charge in [-0.2, -0.15) is 5.10 Å².